The Bertz CT molecular complexity index is 1360. The third-order valence-electron chi connectivity index (χ3n) is 5.37. The van der Waals surface area contributed by atoms with Crippen LogP contribution in [0.5, 0.6) is 5.75 Å². The molecule has 1 aromatic heterocycles. The number of carbonyl (C=O) groups excluding carboxylic acids is 1. The molecule has 0 aliphatic rings. The van der Waals surface area contributed by atoms with Gasteiger partial charge in [0, 0.05) is 10.9 Å². The number of anilines is 1. The SMILES string of the molecule is O=C(COc1ccc(-c2ccccc2)cc1)Nc1nc(-c2ccc(-c3ccccc3)cc2)cs1. The molecule has 0 aliphatic carbocycles. The van der Waals surface area contributed by atoms with Gasteiger partial charge in [0.15, 0.2) is 11.7 Å². The molecule has 4 aromatic carbocycles. The molecule has 0 radical (unpaired) electrons. The largest absolute Gasteiger partial charge is 0.484 e. The Kier molecular flexibility index (Phi) is 6.45. The van der Waals surface area contributed by atoms with Gasteiger partial charge in [0.1, 0.15) is 5.75 Å². The predicted molar refractivity (Wildman–Crippen MR) is 139 cm³/mol. The Labute approximate surface area is 202 Å². The maximum atomic E-state index is 12.4. The number of amides is 1. The average Bonchev–Trinajstić information content (AvgIpc) is 3.37. The Morgan fingerprint density at radius 3 is 1.76 bits per heavy atom. The summed E-state index contributed by atoms with van der Waals surface area (Å²) in [5.41, 5.74) is 6.41. The maximum absolute atomic E-state index is 12.4. The first-order valence-corrected chi connectivity index (χ1v) is 11.8. The fraction of sp³-hybridized carbons (Fsp3) is 0.0345. The van der Waals surface area contributed by atoms with Gasteiger partial charge in [0.2, 0.25) is 0 Å². The highest BCUT2D eigenvalue weighted by atomic mass is 32.1. The van der Waals surface area contributed by atoms with Crippen LogP contribution in [0.2, 0.25) is 0 Å². The summed E-state index contributed by atoms with van der Waals surface area (Å²) < 4.78 is 5.64. The van der Waals surface area contributed by atoms with Crippen LogP contribution in [0.3, 0.4) is 0 Å². The van der Waals surface area contributed by atoms with Gasteiger partial charge in [0.25, 0.3) is 5.91 Å². The number of carbonyl (C=O) groups is 1. The molecule has 4 nitrogen and oxygen atoms in total. The molecule has 0 saturated heterocycles. The number of nitrogens with one attached hydrogen (secondary N) is 1. The van der Waals surface area contributed by atoms with Gasteiger partial charge < -0.3 is 4.74 Å². The van der Waals surface area contributed by atoms with E-state index in [0.717, 1.165) is 27.9 Å². The van der Waals surface area contributed by atoms with Crippen LogP contribution in [0.1, 0.15) is 0 Å². The summed E-state index contributed by atoms with van der Waals surface area (Å²) in [7, 11) is 0. The van der Waals surface area contributed by atoms with Gasteiger partial charge >= 0.3 is 0 Å². The molecule has 166 valence electrons. The number of nitrogens with zero attached hydrogens (tertiary/aromatic N) is 1. The van der Waals surface area contributed by atoms with Crippen molar-refractivity contribution in [1.29, 1.82) is 0 Å². The van der Waals surface area contributed by atoms with Crippen molar-refractivity contribution in [2.45, 2.75) is 0 Å². The van der Waals surface area contributed by atoms with E-state index in [4.69, 9.17) is 4.74 Å². The van der Waals surface area contributed by atoms with E-state index in [2.05, 4.69) is 46.7 Å². The lowest BCUT2D eigenvalue weighted by Gasteiger charge is -2.07. The van der Waals surface area contributed by atoms with E-state index in [1.54, 1.807) is 0 Å². The highest BCUT2D eigenvalue weighted by Gasteiger charge is 2.09. The van der Waals surface area contributed by atoms with E-state index >= 15 is 0 Å². The number of aromatic nitrogens is 1. The van der Waals surface area contributed by atoms with Gasteiger partial charge in [-0.1, -0.05) is 97.1 Å². The van der Waals surface area contributed by atoms with Gasteiger partial charge in [-0.15, -0.1) is 11.3 Å². The van der Waals surface area contributed by atoms with Crippen molar-refractivity contribution in [2.75, 3.05) is 11.9 Å². The minimum absolute atomic E-state index is 0.0780. The summed E-state index contributed by atoms with van der Waals surface area (Å²) in [6.45, 7) is -0.0780. The average molecular weight is 463 g/mol. The second-order valence-electron chi connectivity index (χ2n) is 7.71. The van der Waals surface area contributed by atoms with Crippen LogP contribution in [-0.4, -0.2) is 17.5 Å². The van der Waals surface area contributed by atoms with Crippen molar-refractivity contribution in [1.82, 2.24) is 4.98 Å². The number of hydrogen-bond donors (Lipinski definition) is 1. The van der Waals surface area contributed by atoms with Crippen LogP contribution in [0.25, 0.3) is 33.5 Å². The monoisotopic (exact) mass is 462 g/mol. The lowest BCUT2D eigenvalue weighted by Crippen LogP contribution is -2.20. The van der Waals surface area contributed by atoms with E-state index in [1.807, 2.05) is 78.2 Å². The molecule has 0 saturated carbocycles. The molecule has 1 N–H and O–H groups in total. The number of hydrogen-bond acceptors (Lipinski definition) is 4. The van der Waals surface area contributed by atoms with E-state index in [9.17, 15) is 4.79 Å². The molecule has 0 atom stereocenters. The standard InChI is InChI=1S/C29H22N2O2S/c32-28(19-33-26-17-15-24(16-18-26)22-9-5-2-6-10-22)31-29-30-27(20-34-29)25-13-11-23(12-14-25)21-7-3-1-4-8-21/h1-18,20H,19H2,(H,30,31,32). The van der Waals surface area contributed by atoms with Crippen molar-refractivity contribution in [2.24, 2.45) is 0 Å². The first-order chi connectivity index (χ1) is 16.7. The lowest BCUT2D eigenvalue weighted by molar-refractivity contribution is -0.118. The Morgan fingerprint density at radius 2 is 1.18 bits per heavy atom. The molecule has 0 aliphatic heterocycles. The third-order valence-corrected chi connectivity index (χ3v) is 6.13. The molecule has 34 heavy (non-hydrogen) atoms. The van der Waals surface area contributed by atoms with Gasteiger partial charge in [-0.25, -0.2) is 4.98 Å². The van der Waals surface area contributed by atoms with Crippen LogP contribution >= 0.6 is 11.3 Å². The Balaban J connectivity index is 1.16. The summed E-state index contributed by atoms with van der Waals surface area (Å²) in [4.78, 5) is 16.9. The number of rotatable bonds is 7. The van der Waals surface area contributed by atoms with E-state index in [1.165, 1.54) is 16.9 Å². The number of ether oxygens (including phenoxy) is 1. The van der Waals surface area contributed by atoms with Crippen molar-refractivity contribution in [3.63, 3.8) is 0 Å². The Morgan fingerprint density at radius 1 is 0.676 bits per heavy atom. The molecule has 0 unspecified atom stereocenters. The third kappa shape index (κ3) is 5.22. The maximum Gasteiger partial charge on any atom is 0.264 e. The summed E-state index contributed by atoms with van der Waals surface area (Å²) in [6, 6.07) is 36.3. The van der Waals surface area contributed by atoms with Gasteiger partial charge in [0.05, 0.1) is 5.69 Å². The van der Waals surface area contributed by atoms with Gasteiger partial charge in [-0.2, -0.15) is 0 Å². The second-order valence-corrected chi connectivity index (χ2v) is 8.57. The molecule has 0 spiro atoms. The zero-order valence-electron chi connectivity index (χ0n) is 18.3. The summed E-state index contributed by atoms with van der Waals surface area (Å²) >= 11 is 1.40. The van der Waals surface area contributed by atoms with E-state index in [-0.39, 0.29) is 12.5 Å². The zero-order chi connectivity index (χ0) is 23.2. The lowest BCUT2D eigenvalue weighted by atomic mass is 10.0. The topological polar surface area (TPSA) is 51.2 Å². The van der Waals surface area contributed by atoms with Crippen LogP contribution in [0, 0.1) is 0 Å². The molecule has 0 bridgehead atoms. The zero-order valence-corrected chi connectivity index (χ0v) is 19.2. The highest BCUT2D eigenvalue weighted by molar-refractivity contribution is 7.14. The summed E-state index contributed by atoms with van der Waals surface area (Å²) in [5, 5.41) is 5.31. The number of benzene rings is 4. The van der Waals surface area contributed by atoms with Gasteiger partial charge in [-0.05, 0) is 34.4 Å². The molecule has 1 amide bonds. The van der Waals surface area contributed by atoms with E-state index < -0.39 is 0 Å². The fourth-order valence-electron chi connectivity index (χ4n) is 3.61. The molecule has 1 heterocycles. The first kappa shape index (κ1) is 21.6. The fourth-order valence-corrected chi connectivity index (χ4v) is 4.34. The van der Waals surface area contributed by atoms with Crippen LogP contribution in [0.4, 0.5) is 5.13 Å². The van der Waals surface area contributed by atoms with Crippen LogP contribution in [-0.2, 0) is 4.79 Å². The minimum atomic E-state index is -0.243. The van der Waals surface area contributed by atoms with Crippen molar-refractivity contribution in [3.8, 4) is 39.3 Å². The smallest absolute Gasteiger partial charge is 0.264 e. The normalized spacial score (nSPS) is 10.6. The molecule has 5 aromatic rings. The van der Waals surface area contributed by atoms with Crippen molar-refractivity contribution >= 4 is 22.4 Å². The Hall–Kier alpha value is -4.22. The highest BCUT2D eigenvalue weighted by Crippen LogP contribution is 2.28. The van der Waals surface area contributed by atoms with Crippen molar-refractivity contribution < 1.29 is 9.53 Å². The van der Waals surface area contributed by atoms with Crippen molar-refractivity contribution in [3.05, 3.63) is 115 Å². The minimum Gasteiger partial charge on any atom is -0.484 e. The number of thiazole rings is 1. The van der Waals surface area contributed by atoms with E-state index in [0.29, 0.717) is 10.9 Å². The molecule has 5 heteroatoms. The van der Waals surface area contributed by atoms with Crippen LogP contribution in [0.15, 0.2) is 115 Å². The predicted octanol–water partition coefficient (Wildman–Crippen LogP) is 7.16. The molecular weight excluding hydrogens is 440 g/mol. The first-order valence-electron chi connectivity index (χ1n) is 10.9. The van der Waals surface area contributed by atoms with Crippen LogP contribution < -0.4 is 10.1 Å². The summed E-state index contributed by atoms with van der Waals surface area (Å²) in [6.07, 6.45) is 0. The molecular formula is C29H22N2O2S. The second kappa shape index (κ2) is 10.1. The molecule has 5 rings (SSSR count). The molecule has 0 fully saturated rings. The van der Waals surface area contributed by atoms with Gasteiger partial charge in [-0.3, -0.25) is 10.1 Å². The quantitative estimate of drug-likeness (QED) is 0.279. The summed E-state index contributed by atoms with van der Waals surface area (Å²) in [5.74, 6) is 0.403.